The summed E-state index contributed by atoms with van der Waals surface area (Å²) in [5, 5.41) is 25.4. The topological polar surface area (TPSA) is 162 Å². The molecule has 1 aromatic carbocycles. The number of hydrogen-bond donors (Lipinski definition) is 5. The van der Waals surface area contributed by atoms with E-state index in [1.807, 2.05) is 30.3 Å². The lowest BCUT2D eigenvalue weighted by Gasteiger charge is -2.12. The maximum atomic E-state index is 11.8. The van der Waals surface area contributed by atoms with Crippen LogP contribution < -0.4 is 16.0 Å². The van der Waals surface area contributed by atoms with Gasteiger partial charge in [-0.05, 0) is 44.1 Å². The van der Waals surface area contributed by atoms with Crippen molar-refractivity contribution in [1.82, 2.24) is 16.0 Å². The van der Waals surface area contributed by atoms with Crippen molar-refractivity contribution in [1.29, 1.82) is 0 Å². The van der Waals surface area contributed by atoms with Gasteiger partial charge in [0.2, 0.25) is 17.7 Å². The van der Waals surface area contributed by atoms with E-state index in [2.05, 4.69) is 16.0 Å². The number of aryl methyl sites for hydroxylation is 1. The first-order valence-electron chi connectivity index (χ1n) is 11.6. The smallest absolute Gasteiger partial charge is 0.326 e. The standard InChI is InChI=1S/C24H35N3O7/c28-20(25-16-7-5-13-22(30)27-19(24(33)34)17-23(31)32)12-4-6-15-26-21(29)14-8-11-18-9-2-1-3-10-18/h1-3,9-10,19H,4-8,11-17H2,(H,25,28)(H,26,29)(H,27,30)(H,31,32)(H,33,34)/t19-/m0/s1. The summed E-state index contributed by atoms with van der Waals surface area (Å²) in [5.41, 5.74) is 1.21. The average Bonchev–Trinajstić information content (AvgIpc) is 2.78. The summed E-state index contributed by atoms with van der Waals surface area (Å²) in [6.45, 7) is 0.924. The second-order valence-electron chi connectivity index (χ2n) is 8.01. The fourth-order valence-electron chi connectivity index (χ4n) is 3.19. The molecule has 188 valence electrons. The van der Waals surface area contributed by atoms with E-state index in [1.54, 1.807) is 0 Å². The molecule has 34 heavy (non-hydrogen) atoms. The summed E-state index contributed by atoms with van der Waals surface area (Å²) in [7, 11) is 0. The molecule has 0 aliphatic heterocycles. The second kappa shape index (κ2) is 17.1. The first-order valence-corrected chi connectivity index (χ1v) is 11.6. The Morgan fingerprint density at radius 3 is 1.76 bits per heavy atom. The van der Waals surface area contributed by atoms with E-state index in [9.17, 15) is 24.0 Å². The normalized spacial score (nSPS) is 11.3. The molecule has 0 spiro atoms. The number of carbonyl (C=O) groups excluding carboxylic acids is 3. The third-order valence-electron chi connectivity index (χ3n) is 5.03. The molecule has 0 unspecified atom stereocenters. The van der Waals surface area contributed by atoms with Gasteiger partial charge in [-0.2, -0.15) is 0 Å². The highest BCUT2D eigenvalue weighted by Crippen LogP contribution is 2.04. The molecule has 0 aromatic heterocycles. The van der Waals surface area contributed by atoms with Crippen LogP contribution in [0.15, 0.2) is 30.3 Å². The predicted molar refractivity (Wildman–Crippen MR) is 125 cm³/mol. The summed E-state index contributed by atoms with van der Waals surface area (Å²) in [5.74, 6) is -3.34. The lowest BCUT2D eigenvalue weighted by Crippen LogP contribution is -2.42. The molecule has 1 aromatic rings. The summed E-state index contributed by atoms with van der Waals surface area (Å²) < 4.78 is 0. The molecule has 0 saturated heterocycles. The van der Waals surface area contributed by atoms with Crippen LogP contribution in [0.4, 0.5) is 0 Å². The van der Waals surface area contributed by atoms with Crippen LogP contribution in [0.1, 0.15) is 63.4 Å². The third-order valence-corrected chi connectivity index (χ3v) is 5.03. The van der Waals surface area contributed by atoms with Crippen molar-refractivity contribution in [3.05, 3.63) is 35.9 Å². The van der Waals surface area contributed by atoms with Gasteiger partial charge >= 0.3 is 11.9 Å². The van der Waals surface area contributed by atoms with Crippen LogP contribution in [0.2, 0.25) is 0 Å². The molecule has 1 atom stereocenters. The molecular formula is C24H35N3O7. The Balaban J connectivity index is 1.99. The van der Waals surface area contributed by atoms with Crippen molar-refractivity contribution in [2.24, 2.45) is 0 Å². The molecule has 0 aliphatic carbocycles. The van der Waals surface area contributed by atoms with Crippen molar-refractivity contribution < 1.29 is 34.2 Å². The van der Waals surface area contributed by atoms with E-state index < -0.39 is 30.3 Å². The Labute approximate surface area is 199 Å². The van der Waals surface area contributed by atoms with Gasteiger partial charge in [0.1, 0.15) is 6.04 Å². The van der Waals surface area contributed by atoms with Gasteiger partial charge in [0.05, 0.1) is 6.42 Å². The molecule has 0 radical (unpaired) electrons. The van der Waals surface area contributed by atoms with Crippen LogP contribution in [-0.4, -0.2) is 59.0 Å². The molecule has 1 rings (SSSR count). The molecule has 10 heteroatoms. The summed E-state index contributed by atoms with van der Waals surface area (Å²) in [4.78, 5) is 56.9. The first kappa shape index (κ1) is 28.6. The highest BCUT2D eigenvalue weighted by atomic mass is 16.4. The lowest BCUT2D eigenvalue weighted by atomic mass is 10.1. The van der Waals surface area contributed by atoms with Crippen LogP contribution in [0.25, 0.3) is 0 Å². The van der Waals surface area contributed by atoms with E-state index in [1.165, 1.54) is 5.56 Å². The van der Waals surface area contributed by atoms with E-state index in [4.69, 9.17) is 10.2 Å². The molecular weight excluding hydrogens is 442 g/mol. The number of rotatable bonds is 18. The zero-order valence-corrected chi connectivity index (χ0v) is 19.4. The quantitative estimate of drug-likeness (QED) is 0.201. The minimum Gasteiger partial charge on any atom is -0.481 e. The number of carbonyl (C=O) groups is 5. The molecule has 5 N–H and O–H groups in total. The number of benzene rings is 1. The van der Waals surface area contributed by atoms with Gasteiger partial charge in [0, 0.05) is 32.4 Å². The fourth-order valence-corrected chi connectivity index (χ4v) is 3.19. The lowest BCUT2D eigenvalue weighted by molar-refractivity contribution is -0.147. The molecule has 0 bridgehead atoms. The zero-order chi connectivity index (χ0) is 25.2. The largest absolute Gasteiger partial charge is 0.481 e. The number of aliphatic carboxylic acids is 2. The van der Waals surface area contributed by atoms with Crippen molar-refractivity contribution in [2.45, 2.75) is 70.3 Å². The van der Waals surface area contributed by atoms with Crippen LogP contribution in [-0.2, 0) is 30.4 Å². The Morgan fingerprint density at radius 1 is 0.706 bits per heavy atom. The van der Waals surface area contributed by atoms with Crippen LogP contribution >= 0.6 is 0 Å². The second-order valence-corrected chi connectivity index (χ2v) is 8.01. The molecule has 3 amide bonds. The van der Waals surface area contributed by atoms with Gasteiger partial charge in [-0.3, -0.25) is 19.2 Å². The molecule has 0 aliphatic rings. The van der Waals surface area contributed by atoms with E-state index >= 15 is 0 Å². The van der Waals surface area contributed by atoms with Crippen LogP contribution in [0.3, 0.4) is 0 Å². The first-order chi connectivity index (χ1) is 16.3. The van der Waals surface area contributed by atoms with Gasteiger partial charge in [0.15, 0.2) is 0 Å². The molecule has 0 fully saturated rings. The number of unbranched alkanes of at least 4 members (excludes halogenated alkanes) is 2. The Morgan fingerprint density at radius 2 is 1.24 bits per heavy atom. The number of carboxylic acid groups (broad SMARTS) is 2. The van der Waals surface area contributed by atoms with Crippen molar-refractivity contribution >= 4 is 29.7 Å². The number of nitrogens with one attached hydrogen (secondary N) is 3. The maximum absolute atomic E-state index is 11.8. The summed E-state index contributed by atoms with van der Waals surface area (Å²) in [6.07, 6.45) is 4.17. The third kappa shape index (κ3) is 14.6. The van der Waals surface area contributed by atoms with Crippen molar-refractivity contribution in [2.75, 3.05) is 13.1 Å². The molecule has 10 nitrogen and oxygen atoms in total. The maximum Gasteiger partial charge on any atom is 0.326 e. The number of amides is 3. The molecule has 0 heterocycles. The van der Waals surface area contributed by atoms with E-state index in [-0.39, 0.29) is 18.2 Å². The highest BCUT2D eigenvalue weighted by molar-refractivity contribution is 5.86. The predicted octanol–water partition coefficient (Wildman–Crippen LogP) is 1.63. The zero-order valence-electron chi connectivity index (χ0n) is 19.4. The Hall–Kier alpha value is -3.43. The minimum atomic E-state index is -1.45. The van der Waals surface area contributed by atoms with Crippen LogP contribution in [0.5, 0.6) is 0 Å². The summed E-state index contributed by atoms with van der Waals surface area (Å²) >= 11 is 0. The SMILES string of the molecule is O=C(O)C[C@H](NC(=O)CCCCNC(=O)CCCCNC(=O)CCCc1ccccc1)C(=O)O. The average molecular weight is 478 g/mol. The fraction of sp³-hybridized carbons (Fsp3) is 0.542. The van der Waals surface area contributed by atoms with Crippen molar-refractivity contribution in [3.8, 4) is 0 Å². The van der Waals surface area contributed by atoms with Gasteiger partial charge in [-0.15, -0.1) is 0 Å². The van der Waals surface area contributed by atoms with E-state index in [0.717, 1.165) is 12.8 Å². The summed E-state index contributed by atoms with van der Waals surface area (Å²) in [6, 6.07) is 8.56. The van der Waals surface area contributed by atoms with Crippen LogP contribution in [0, 0.1) is 0 Å². The van der Waals surface area contributed by atoms with E-state index in [0.29, 0.717) is 51.6 Å². The number of carboxylic acids is 2. The Kier molecular flexibility index (Phi) is 14.4. The van der Waals surface area contributed by atoms with Gasteiger partial charge in [0.25, 0.3) is 0 Å². The Bertz CT molecular complexity index is 799. The molecule has 0 saturated carbocycles. The van der Waals surface area contributed by atoms with Gasteiger partial charge in [-0.1, -0.05) is 30.3 Å². The monoisotopic (exact) mass is 477 g/mol. The van der Waals surface area contributed by atoms with Crippen molar-refractivity contribution in [3.63, 3.8) is 0 Å². The van der Waals surface area contributed by atoms with Gasteiger partial charge < -0.3 is 26.2 Å². The highest BCUT2D eigenvalue weighted by Gasteiger charge is 2.22. The van der Waals surface area contributed by atoms with Gasteiger partial charge in [-0.25, -0.2) is 4.79 Å². The minimum absolute atomic E-state index is 0.0158. The number of hydrogen-bond acceptors (Lipinski definition) is 5.